The molecule has 3 rings (SSSR count). The third kappa shape index (κ3) is 5.58. The van der Waals surface area contributed by atoms with Gasteiger partial charge in [-0.1, -0.05) is 36.1 Å². The number of ether oxygens (including phenoxy) is 2. The topological polar surface area (TPSA) is 76.1 Å². The van der Waals surface area contributed by atoms with Crippen molar-refractivity contribution >= 4 is 46.3 Å². The second-order valence-electron chi connectivity index (χ2n) is 6.18. The molecule has 1 heterocycles. The van der Waals surface area contributed by atoms with Crippen LogP contribution >= 0.6 is 24.0 Å². The number of thioether (sulfide) groups is 1. The summed E-state index contributed by atoms with van der Waals surface area (Å²) in [6.45, 7) is 0.301. The quantitative estimate of drug-likeness (QED) is 0.487. The summed E-state index contributed by atoms with van der Waals surface area (Å²) in [6.07, 6.45) is 2.12. The number of carboxylic acids is 1. The van der Waals surface area contributed by atoms with Crippen LogP contribution in [0.1, 0.15) is 18.4 Å². The monoisotopic (exact) mass is 429 g/mol. The normalized spacial score (nSPS) is 15.1. The van der Waals surface area contributed by atoms with Gasteiger partial charge < -0.3 is 14.6 Å². The number of carbonyl (C=O) groups excluding carboxylic acids is 1. The van der Waals surface area contributed by atoms with E-state index in [9.17, 15) is 9.59 Å². The maximum atomic E-state index is 12.6. The van der Waals surface area contributed by atoms with Gasteiger partial charge in [0.25, 0.3) is 5.91 Å². The lowest BCUT2D eigenvalue weighted by molar-refractivity contribution is -0.137. The summed E-state index contributed by atoms with van der Waals surface area (Å²) in [5, 5.41) is 8.75. The summed E-state index contributed by atoms with van der Waals surface area (Å²) in [4.78, 5) is 25.2. The molecule has 1 saturated heterocycles. The van der Waals surface area contributed by atoms with E-state index in [2.05, 4.69) is 0 Å². The first kappa shape index (κ1) is 20.9. The number of amides is 1. The fourth-order valence-electron chi connectivity index (χ4n) is 2.68. The predicted molar refractivity (Wildman–Crippen MR) is 116 cm³/mol. The molecule has 0 aliphatic carbocycles. The molecule has 6 nitrogen and oxygen atoms in total. The van der Waals surface area contributed by atoms with Crippen molar-refractivity contribution in [3.8, 4) is 17.2 Å². The average Bonchev–Trinajstić information content (AvgIpc) is 2.96. The molecular formula is C21H19NO5S2. The molecular weight excluding hydrogens is 410 g/mol. The van der Waals surface area contributed by atoms with Crippen molar-refractivity contribution in [2.45, 2.75) is 12.8 Å². The van der Waals surface area contributed by atoms with Crippen molar-refractivity contribution in [2.24, 2.45) is 0 Å². The Morgan fingerprint density at radius 3 is 2.59 bits per heavy atom. The highest BCUT2D eigenvalue weighted by Crippen LogP contribution is 2.33. The first-order valence-corrected chi connectivity index (χ1v) is 10.1. The van der Waals surface area contributed by atoms with Crippen LogP contribution in [0, 0.1) is 0 Å². The molecule has 1 N–H and O–H groups in total. The number of hydrogen-bond acceptors (Lipinski definition) is 6. The Kier molecular flexibility index (Phi) is 6.90. The van der Waals surface area contributed by atoms with E-state index in [0.29, 0.717) is 33.7 Å². The molecule has 150 valence electrons. The van der Waals surface area contributed by atoms with Crippen LogP contribution in [0.25, 0.3) is 6.08 Å². The second-order valence-corrected chi connectivity index (χ2v) is 7.86. The summed E-state index contributed by atoms with van der Waals surface area (Å²) in [5.74, 6) is 0.969. The highest BCUT2D eigenvalue weighted by atomic mass is 32.2. The zero-order valence-corrected chi connectivity index (χ0v) is 17.3. The van der Waals surface area contributed by atoms with E-state index in [1.54, 1.807) is 13.2 Å². The predicted octanol–water partition coefficient (Wildman–Crippen LogP) is 4.55. The standard InChI is InChI=1S/C21H19NO5S2/c1-26-15-7-9-16(10-8-15)27-17-5-2-4-14(12-17)13-18-20(25)22(21(28)29-18)11-3-6-19(23)24/h2,4-5,7-10,12-13H,3,6,11H2,1H3,(H,23,24). The van der Waals surface area contributed by atoms with Crippen LogP contribution in [0.4, 0.5) is 0 Å². The molecule has 0 radical (unpaired) electrons. The molecule has 1 amide bonds. The molecule has 0 spiro atoms. The zero-order chi connectivity index (χ0) is 20.8. The van der Waals surface area contributed by atoms with E-state index < -0.39 is 5.97 Å². The lowest BCUT2D eigenvalue weighted by Gasteiger charge is -2.13. The van der Waals surface area contributed by atoms with Gasteiger partial charge in [-0.2, -0.15) is 0 Å². The maximum Gasteiger partial charge on any atom is 0.303 e. The maximum absolute atomic E-state index is 12.6. The van der Waals surface area contributed by atoms with Gasteiger partial charge in [-0.25, -0.2) is 0 Å². The van der Waals surface area contributed by atoms with Crippen molar-refractivity contribution in [1.82, 2.24) is 4.90 Å². The van der Waals surface area contributed by atoms with E-state index >= 15 is 0 Å². The molecule has 29 heavy (non-hydrogen) atoms. The molecule has 1 aliphatic rings. The molecule has 0 atom stereocenters. The zero-order valence-electron chi connectivity index (χ0n) is 15.7. The Labute approximate surface area is 178 Å². The Bertz CT molecular complexity index is 956. The fourth-order valence-corrected chi connectivity index (χ4v) is 3.99. The lowest BCUT2D eigenvalue weighted by atomic mass is 10.2. The average molecular weight is 430 g/mol. The van der Waals surface area contributed by atoms with E-state index in [-0.39, 0.29) is 12.3 Å². The van der Waals surface area contributed by atoms with E-state index in [4.69, 9.17) is 26.8 Å². The molecule has 0 saturated carbocycles. The van der Waals surface area contributed by atoms with Crippen LogP contribution in [0.2, 0.25) is 0 Å². The number of rotatable bonds is 8. The summed E-state index contributed by atoms with van der Waals surface area (Å²) in [7, 11) is 1.61. The van der Waals surface area contributed by atoms with Gasteiger partial charge in [-0.3, -0.25) is 14.5 Å². The van der Waals surface area contributed by atoms with E-state index in [1.165, 1.54) is 16.7 Å². The van der Waals surface area contributed by atoms with Gasteiger partial charge in [0.1, 0.15) is 21.6 Å². The number of carboxylic acid groups (broad SMARTS) is 1. The number of benzene rings is 2. The smallest absolute Gasteiger partial charge is 0.303 e. The minimum Gasteiger partial charge on any atom is -0.497 e. The first-order valence-electron chi connectivity index (χ1n) is 8.85. The van der Waals surface area contributed by atoms with Crippen LogP contribution < -0.4 is 9.47 Å². The highest BCUT2D eigenvalue weighted by molar-refractivity contribution is 8.26. The van der Waals surface area contributed by atoms with Crippen molar-refractivity contribution in [3.05, 3.63) is 59.0 Å². The Balaban J connectivity index is 1.70. The molecule has 0 unspecified atom stereocenters. The van der Waals surface area contributed by atoms with Crippen LogP contribution in [0.3, 0.4) is 0 Å². The Hall–Kier alpha value is -2.84. The van der Waals surface area contributed by atoms with Crippen molar-refractivity contribution in [2.75, 3.05) is 13.7 Å². The first-order chi connectivity index (χ1) is 14.0. The number of thiocarbonyl (C=S) groups is 1. The third-order valence-electron chi connectivity index (χ3n) is 4.10. The van der Waals surface area contributed by atoms with Crippen molar-refractivity contribution < 1.29 is 24.2 Å². The molecule has 2 aromatic rings. The number of aliphatic carboxylic acids is 1. The van der Waals surface area contributed by atoms with Gasteiger partial charge in [0.05, 0.1) is 12.0 Å². The molecule has 2 aromatic carbocycles. The van der Waals surface area contributed by atoms with Gasteiger partial charge in [0.15, 0.2) is 0 Å². The van der Waals surface area contributed by atoms with Gasteiger partial charge in [-0.05, 0) is 54.5 Å². The number of hydrogen-bond donors (Lipinski definition) is 1. The molecule has 1 fully saturated rings. The highest BCUT2D eigenvalue weighted by Gasteiger charge is 2.31. The van der Waals surface area contributed by atoms with Crippen molar-refractivity contribution in [3.63, 3.8) is 0 Å². The fraction of sp³-hybridized carbons (Fsp3) is 0.190. The third-order valence-corrected chi connectivity index (χ3v) is 5.47. The largest absolute Gasteiger partial charge is 0.497 e. The SMILES string of the molecule is COc1ccc(Oc2cccc(C=C3SC(=S)N(CCCC(=O)O)C3=O)c2)cc1. The van der Waals surface area contributed by atoms with E-state index in [0.717, 1.165) is 11.3 Å². The number of carbonyl (C=O) groups is 2. The Morgan fingerprint density at radius 2 is 1.90 bits per heavy atom. The van der Waals surface area contributed by atoms with Gasteiger partial charge in [-0.15, -0.1) is 0 Å². The van der Waals surface area contributed by atoms with Crippen LogP contribution in [-0.4, -0.2) is 39.9 Å². The lowest BCUT2D eigenvalue weighted by Crippen LogP contribution is -2.29. The second kappa shape index (κ2) is 9.58. The summed E-state index contributed by atoms with van der Waals surface area (Å²) < 4.78 is 11.4. The minimum absolute atomic E-state index is 0.000845. The summed E-state index contributed by atoms with van der Waals surface area (Å²) in [6, 6.07) is 14.6. The van der Waals surface area contributed by atoms with Crippen LogP contribution in [0.5, 0.6) is 17.2 Å². The summed E-state index contributed by atoms with van der Waals surface area (Å²) in [5.41, 5.74) is 0.807. The minimum atomic E-state index is -0.889. The Morgan fingerprint density at radius 1 is 1.17 bits per heavy atom. The van der Waals surface area contributed by atoms with Crippen molar-refractivity contribution in [1.29, 1.82) is 0 Å². The summed E-state index contributed by atoms with van der Waals surface area (Å²) >= 11 is 6.48. The van der Waals surface area contributed by atoms with Crippen LogP contribution in [0.15, 0.2) is 53.4 Å². The number of nitrogens with zero attached hydrogens (tertiary/aromatic N) is 1. The molecule has 8 heteroatoms. The molecule has 0 bridgehead atoms. The molecule has 0 aromatic heterocycles. The van der Waals surface area contributed by atoms with Gasteiger partial charge in [0, 0.05) is 13.0 Å². The van der Waals surface area contributed by atoms with E-state index in [1.807, 2.05) is 48.5 Å². The van der Waals surface area contributed by atoms with Gasteiger partial charge in [0.2, 0.25) is 0 Å². The molecule has 1 aliphatic heterocycles. The number of methoxy groups -OCH3 is 1. The van der Waals surface area contributed by atoms with Gasteiger partial charge >= 0.3 is 5.97 Å². The van der Waals surface area contributed by atoms with Crippen LogP contribution in [-0.2, 0) is 9.59 Å².